The Bertz CT molecular complexity index is 1440. The summed E-state index contributed by atoms with van der Waals surface area (Å²) < 4.78 is 47.9. The molecule has 3 heterocycles. The van der Waals surface area contributed by atoms with Gasteiger partial charge in [0.05, 0.1) is 31.8 Å². The van der Waals surface area contributed by atoms with Crippen LogP contribution in [0, 0.1) is 6.92 Å². The number of nitrogens with one attached hydrogen (secondary N) is 1. The number of methoxy groups -OCH3 is 3. The van der Waals surface area contributed by atoms with E-state index in [1.807, 2.05) is 0 Å². The summed E-state index contributed by atoms with van der Waals surface area (Å²) in [6.07, 6.45) is 3.76. The van der Waals surface area contributed by atoms with E-state index in [4.69, 9.17) is 14.2 Å². The second kappa shape index (κ2) is 10.9. The van der Waals surface area contributed by atoms with Crippen molar-refractivity contribution < 1.29 is 22.6 Å². The molecule has 194 valence electrons. The Labute approximate surface area is 214 Å². The van der Waals surface area contributed by atoms with E-state index < -0.39 is 21.4 Å². The average Bonchev–Trinajstić information content (AvgIpc) is 3.32. The summed E-state index contributed by atoms with van der Waals surface area (Å²) in [4.78, 5) is 12.9. The van der Waals surface area contributed by atoms with Crippen molar-refractivity contribution in [2.24, 2.45) is 0 Å². The van der Waals surface area contributed by atoms with Crippen molar-refractivity contribution in [2.75, 3.05) is 26.1 Å². The molecule has 3 aromatic heterocycles. The molecule has 2 atom stereocenters. The molecule has 0 saturated carbocycles. The second-order valence-corrected chi connectivity index (χ2v) is 10.0. The Morgan fingerprint density at radius 1 is 0.919 bits per heavy atom. The van der Waals surface area contributed by atoms with E-state index in [9.17, 15) is 8.42 Å². The number of rotatable bonds is 10. The fourth-order valence-electron chi connectivity index (χ4n) is 3.76. The first kappa shape index (κ1) is 26.0. The average molecular weight is 526 g/mol. The van der Waals surface area contributed by atoms with E-state index in [0.29, 0.717) is 34.3 Å². The van der Waals surface area contributed by atoms with Crippen molar-refractivity contribution in [3.8, 4) is 28.7 Å². The van der Waals surface area contributed by atoms with Crippen LogP contribution < -0.4 is 14.2 Å². The van der Waals surface area contributed by atoms with Crippen LogP contribution in [-0.2, 0) is 14.8 Å². The Balaban J connectivity index is 1.83. The Morgan fingerprint density at radius 3 is 2.22 bits per heavy atom. The fraction of sp³-hybridized carbons (Fsp3) is 0.292. The lowest BCUT2D eigenvalue weighted by Crippen LogP contribution is -2.33. The van der Waals surface area contributed by atoms with Crippen LogP contribution in [0.5, 0.6) is 11.5 Å². The van der Waals surface area contributed by atoms with E-state index in [0.717, 1.165) is 0 Å². The third-order valence-corrected chi connectivity index (χ3v) is 7.37. The number of para-hydroxylation sites is 1. The molecule has 12 nitrogen and oxygen atoms in total. The summed E-state index contributed by atoms with van der Waals surface area (Å²) in [5.74, 6) is 1.02. The SMILES string of the molecule is COc1cccc(OC)c1-n1c(NS(=O)(=O)[C@@H](C)[C@H](OC)c2cnc(C)cn2)nnc1-c1ccccn1. The molecule has 1 aromatic carbocycles. The molecule has 0 aliphatic carbocycles. The standard InChI is InChI=1S/C24H27N7O5S/c1-15-13-27-18(14-26-15)22(36-5)16(2)37(32,33)30-24-29-28-23(17-9-6-7-12-25-17)31(24)21-19(34-3)10-8-11-20(21)35-4/h6-14,16,22H,1-5H3,(H,29,30)/t16-,22-/m0/s1. The largest absolute Gasteiger partial charge is 0.494 e. The maximum Gasteiger partial charge on any atom is 0.243 e. The summed E-state index contributed by atoms with van der Waals surface area (Å²) >= 11 is 0. The van der Waals surface area contributed by atoms with Gasteiger partial charge >= 0.3 is 0 Å². The minimum absolute atomic E-state index is 0.0832. The van der Waals surface area contributed by atoms with Gasteiger partial charge in [0.25, 0.3) is 0 Å². The minimum Gasteiger partial charge on any atom is -0.494 e. The van der Waals surface area contributed by atoms with Gasteiger partial charge in [-0.05, 0) is 38.1 Å². The predicted molar refractivity (Wildman–Crippen MR) is 136 cm³/mol. The lowest BCUT2D eigenvalue weighted by Gasteiger charge is -2.23. The Morgan fingerprint density at radius 2 is 1.65 bits per heavy atom. The number of aryl methyl sites for hydroxylation is 1. The minimum atomic E-state index is -4.09. The number of anilines is 1. The number of aromatic nitrogens is 6. The predicted octanol–water partition coefficient (Wildman–Crippen LogP) is 2.96. The molecule has 4 aromatic rings. The Kier molecular flexibility index (Phi) is 7.64. The third kappa shape index (κ3) is 5.22. The second-order valence-electron chi connectivity index (χ2n) is 8.00. The molecule has 0 aliphatic rings. The van der Waals surface area contributed by atoms with Crippen LogP contribution in [0.2, 0.25) is 0 Å². The normalized spacial score (nSPS) is 13.1. The van der Waals surface area contributed by atoms with E-state index in [2.05, 4.69) is 29.9 Å². The topological polar surface area (TPSA) is 143 Å². The molecule has 0 aliphatic heterocycles. The van der Waals surface area contributed by atoms with Crippen molar-refractivity contribution >= 4 is 16.0 Å². The number of ether oxygens (including phenoxy) is 3. The van der Waals surface area contributed by atoms with Crippen LogP contribution in [-0.4, -0.2) is 64.7 Å². The van der Waals surface area contributed by atoms with Gasteiger partial charge < -0.3 is 14.2 Å². The van der Waals surface area contributed by atoms with Crippen molar-refractivity contribution in [1.82, 2.24) is 29.7 Å². The van der Waals surface area contributed by atoms with Crippen molar-refractivity contribution in [1.29, 1.82) is 0 Å². The highest BCUT2D eigenvalue weighted by molar-refractivity contribution is 7.93. The number of benzene rings is 1. The van der Waals surface area contributed by atoms with Gasteiger partial charge in [-0.2, -0.15) is 0 Å². The highest BCUT2D eigenvalue weighted by atomic mass is 32.2. The lowest BCUT2D eigenvalue weighted by atomic mass is 10.2. The van der Waals surface area contributed by atoms with Gasteiger partial charge in [0.1, 0.15) is 34.2 Å². The first-order valence-corrected chi connectivity index (χ1v) is 12.8. The molecule has 4 rings (SSSR count). The number of sulfonamides is 1. The van der Waals surface area contributed by atoms with Crippen molar-refractivity contribution in [3.05, 3.63) is 66.4 Å². The zero-order valence-electron chi connectivity index (χ0n) is 21.0. The van der Waals surface area contributed by atoms with Crippen LogP contribution in [0.3, 0.4) is 0 Å². The van der Waals surface area contributed by atoms with Gasteiger partial charge in [0.15, 0.2) is 5.82 Å². The summed E-state index contributed by atoms with van der Waals surface area (Å²) in [6.45, 7) is 3.31. The van der Waals surface area contributed by atoms with Crippen molar-refractivity contribution in [2.45, 2.75) is 25.2 Å². The molecular weight excluding hydrogens is 498 g/mol. The van der Waals surface area contributed by atoms with E-state index in [1.165, 1.54) is 39.0 Å². The zero-order chi connectivity index (χ0) is 26.6. The van der Waals surface area contributed by atoms with Crippen LogP contribution in [0.25, 0.3) is 17.2 Å². The number of nitrogens with zero attached hydrogens (tertiary/aromatic N) is 6. The van der Waals surface area contributed by atoms with Gasteiger partial charge in [0.2, 0.25) is 16.0 Å². The van der Waals surface area contributed by atoms with Gasteiger partial charge in [-0.1, -0.05) is 12.1 Å². The van der Waals surface area contributed by atoms with Gasteiger partial charge in [-0.25, -0.2) is 8.42 Å². The first-order chi connectivity index (χ1) is 17.8. The summed E-state index contributed by atoms with van der Waals surface area (Å²) in [6, 6.07) is 10.5. The van der Waals surface area contributed by atoms with Gasteiger partial charge in [0, 0.05) is 19.5 Å². The quantitative estimate of drug-likeness (QED) is 0.328. The van der Waals surface area contributed by atoms with Gasteiger partial charge in [-0.3, -0.25) is 24.2 Å². The number of hydrogen-bond acceptors (Lipinski definition) is 10. The maximum atomic E-state index is 13.6. The van der Waals surface area contributed by atoms with E-state index >= 15 is 0 Å². The highest BCUT2D eigenvalue weighted by Gasteiger charge is 2.34. The highest BCUT2D eigenvalue weighted by Crippen LogP contribution is 2.37. The molecule has 37 heavy (non-hydrogen) atoms. The van der Waals surface area contributed by atoms with Crippen LogP contribution in [0.1, 0.15) is 24.4 Å². The number of pyridine rings is 1. The van der Waals surface area contributed by atoms with Crippen LogP contribution in [0.15, 0.2) is 55.0 Å². The fourth-order valence-corrected chi connectivity index (χ4v) is 4.91. The summed E-state index contributed by atoms with van der Waals surface area (Å²) in [5.41, 5.74) is 1.95. The molecule has 13 heteroatoms. The molecule has 0 bridgehead atoms. The van der Waals surface area contributed by atoms with E-state index in [1.54, 1.807) is 55.7 Å². The molecule has 1 N–H and O–H groups in total. The molecule has 0 saturated heterocycles. The van der Waals surface area contributed by atoms with E-state index in [-0.39, 0.29) is 11.8 Å². The Hall–Kier alpha value is -4.10. The molecule has 0 spiro atoms. The molecule has 0 amide bonds. The van der Waals surface area contributed by atoms with Crippen LogP contribution >= 0.6 is 0 Å². The molecular formula is C24H27N7O5S. The lowest BCUT2D eigenvalue weighted by molar-refractivity contribution is 0.0985. The van der Waals surface area contributed by atoms with Crippen LogP contribution in [0.4, 0.5) is 5.95 Å². The summed E-state index contributed by atoms with van der Waals surface area (Å²) in [7, 11) is 0.328. The summed E-state index contributed by atoms with van der Waals surface area (Å²) in [5, 5.41) is 7.34. The third-order valence-electron chi connectivity index (χ3n) is 5.68. The first-order valence-electron chi connectivity index (χ1n) is 11.2. The molecule has 0 unspecified atom stereocenters. The van der Waals surface area contributed by atoms with Crippen molar-refractivity contribution in [3.63, 3.8) is 0 Å². The maximum absolute atomic E-state index is 13.6. The van der Waals surface area contributed by atoms with Gasteiger partial charge in [-0.15, -0.1) is 10.2 Å². The smallest absolute Gasteiger partial charge is 0.243 e. The monoisotopic (exact) mass is 525 g/mol. The molecule has 0 radical (unpaired) electrons. The zero-order valence-corrected chi connectivity index (χ0v) is 21.8. The number of hydrogen-bond donors (Lipinski definition) is 1. The molecule has 0 fully saturated rings.